The van der Waals surface area contributed by atoms with Gasteiger partial charge in [0.05, 0.1) is 5.69 Å². The van der Waals surface area contributed by atoms with Crippen LogP contribution in [0.3, 0.4) is 0 Å². The van der Waals surface area contributed by atoms with Crippen molar-refractivity contribution in [3.05, 3.63) is 23.8 Å². The first-order valence-electron chi connectivity index (χ1n) is 6.41. The molecule has 0 aliphatic carbocycles. The number of anilines is 1. The normalized spacial score (nSPS) is 12.2. The largest absolute Gasteiger partial charge is 0.506 e. The first-order chi connectivity index (χ1) is 8.56. The second-order valence-electron chi connectivity index (χ2n) is 4.42. The Labute approximate surface area is 108 Å². The topological polar surface area (TPSA) is 61.4 Å². The maximum absolute atomic E-state index is 11.8. The molecule has 1 aromatic carbocycles. The van der Waals surface area contributed by atoms with Crippen LogP contribution in [0.2, 0.25) is 0 Å². The Morgan fingerprint density at radius 3 is 2.72 bits per heavy atom. The molecule has 0 aliphatic rings. The molecule has 0 aliphatic heterocycles. The van der Waals surface area contributed by atoms with E-state index in [1.165, 1.54) is 0 Å². The minimum absolute atomic E-state index is 0.0907. The van der Waals surface area contributed by atoms with Gasteiger partial charge < -0.3 is 15.7 Å². The molecular formula is C14H22N2O2. The Morgan fingerprint density at radius 1 is 1.39 bits per heavy atom. The van der Waals surface area contributed by atoms with Gasteiger partial charge in [-0.05, 0) is 37.6 Å². The molecule has 18 heavy (non-hydrogen) atoms. The number of carbonyl (C=O) groups is 1. The summed E-state index contributed by atoms with van der Waals surface area (Å²) in [6.45, 7) is 6.84. The summed E-state index contributed by atoms with van der Waals surface area (Å²) < 4.78 is 0. The molecule has 0 spiro atoms. The molecule has 1 amide bonds. The summed E-state index contributed by atoms with van der Waals surface area (Å²) in [6, 6.07) is 5.41. The fourth-order valence-corrected chi connectivity index (χ4v) is 1.80. The SMILES string of the molecule is CCNC(C)CC(=O)Nc1cc(CC)ccc1O. The van der Waals surface area contributed by atoms with Crippen molar-refractivity contribution >= 4 is 11.6 Å². The molecule has 0 radical (unpaired) electrons. The van der Waals surface area contributed by atoms with Gasteiger partial charge in [0.2, 0.25) is 5.91 Å². The van der Waals surface area contributed by atoms with E-state index in [9.17, 15) is 9.90 Å². The van der Waals surface area contributed by atoms with Crippen molar-refractivity contribution in [2.75, 3.05) is 11.9 Å². The highest BCUT2D eigenvalue weighted by Crippen LogP contribution is 2.24. The van der Waals surface area contributed by atoms with Crippen LogP contribution in [0.4, 0.5) is 5.69 Å². The third kappa shape index (κ3) is 4.37. The van der Waals surface area contributed by atoms with Crippen molar-refractivity contribution < 1.29 is 9.90 Å². The van der Waals surface area contributed by atoms with Gasteiger partial charge in [0.1, 0.15) is 5.75 Å². The molecule has 4 heteroatoms. The average molecular weight is 250 g/mol. The number of rotatable bonds is 6. The lowest BCUT2D eigenvalue weighted by atomic mass is 10.1. The number of hydrogen-bond acceptors (Lipinski definition) is 3. The lowest BCUT2D eigenvalue weighted by molar-refractivity contribution is -0.116. The van der Waals surface area contributed by atoms with Gasteiger partial charge in [-0.3, -0.25) is 4.79 Å². The van der Waals surface area contributed by atoms with Gasteiger partial charge in [0, 0.05) is 12.5 Å². The summed E-state index contributed by atoms with van der Waals surface area (Å²) in [6.07, 6.45) is 1.26. The highest BCUT2D eigenvalue weighted by atomic mass is 16.3. The van der Waals surface area contributed by atoms with E-state index in [2.05, 4.69) is 10.6 Å². The Morgan fingerprint density at radius 2 is 2.11 bits per heavy atom. The zero-order valence-corrected chi connectivity index (χ0v) is 11.3. The number of benzene rings is 1. The van der Waals surface area contributed by atoms with Crippen molar-refractivity contribution in [1.82, 2.24) is 5.32 Å². The van der Waals surface area contributed by atoms with Crippen molar-refractivity contribution in [3.8, 4) is 5.75 Å². The zero-order valence-electron chi connectivity index (χ0n) is 11.3. The number of nitrogens with one attached hydrogen (secondary N) is 2. The summed E-state index contributed by atoms with van der Waals surface area (Å²) in [5.41, 5.74) is 1.57. The van der Waals surface area contributed by atoms with Crippen molar-refractivity contribution in [3.63, 3.8) is 0 Å². The van der Waals surface area contributed by atoms with E-state index in [4.69, 9.17) is 0 Å². The number of phenolic OH excluding ortho intramolecular Hbond substituents is 1. The summed E-state index contributed by atoms with van der Waals surface area (Å²) in [4.78, 5) is 11.8. The van der Waals surface area contributed by atoms with Crippen LogP contribution in [-0.4, -0.2) is 23.6 Å². The van der Waals surface area contributed by atoms with Crippen molar-refractivity contribution in [2.24, 2.45) is 0 Å². The summed E-state index contributed by atoms with van der Waals surface area (Å²) in [5.74, 6) is 0.0173. The number of phenols is 1. The molecule has 1 aromatic rings. The second kappa shape index (κ2) is 7.01. The summed E-state index contributed by atoms with van der Waals surface area (Å²) >= 11 is 0. The highest BCUT2D eigenvalue weighted by molar-refractivity contribution is 5.92. The van der Waals surface area contributed by atoms with Gasteiger partial charge in [0.15, 0.2) is 0 Å². The van der Waals surface area contributed by atoms with E-state index in [1.807, 2.05) is 32.9 Å². The highest BCUT2D eigenvalue weighted by Gasteiger charge is 2.10. The van der Waals surface area contributed by atoms with Crippen LogP contribution in [0, 0.1) is 0 Å². The van der Waals surface area contributed by atoms with E-state index in [0.29, 0.717) is 12.1 Å². The van der Waals surface area contributed by atoms with Crippen LogP contribution in [-0.2, 0) is 11.2 Å². The molecule has 0 bridgehead atoms. The zero-order chi connectivity index (χ0) is 13.5. The molecule has 0 heterocycles. The van der Waals surface area contributed by atoms with Crippen molar-refractivity contribution in [1.29, 1.82) is 0 Å². The van der Waals surface area contributed by atoms with Gasteiger partial charge in [-0.1, -0.05) is 19.9 Å². The fraction of sp³-hybridized carbons (Fsp3) is 0.500. The van der Waals surface area contributed by atoms with E-state index in [1.54, 1.807) is 6.07 Å². The van der Waals surface area contributed by atoms with E-state index >= 15 is 0 Å². The number of hydrogen-bond donors (Lipinski definition) is 3. The number of aromatic hydroxyl groups is 1. The number of aryl methyl sites for hydroxylation is 1. The van der Waals surface area contributed by atoms with E-state index in [-0.39, 0.29) is 17.7 Å². The first kappa shape index (κ1) is 14.5. The van der Waals surface area contributed by atoms with E-state index < -0.39 is 0 Å². The first-order valence-corrected chi connectivity index (χ1v) is 6.41. The van der Waals surface area contributed by atoms with Crippen LogP contribution in [0.15, 0.2) is 18.2 Å². The fourth-order valence-electron chi connectivity index (χ4n) is 1.80. The minimum atomic E-state index is -0.0907. The molecule has 0 saturated carbocycles. The summed E-state index contributed by atoms with van der Waals surface area (Å²) in [5, 5.41) is 15.6. The predicted octanol–water partition coefficient (Wildman–Crippen LogP) is 2.28. The molecule has 1 atom stereocenters. The maximum atomic E-state index is 11.8. The molecule has 0 saturated heterocycles. The molecular weight excluding hydrogens is 228 g/mol. The lowest BCUT2D eigenvalue weighted by Gasteiger charge is -2.13. The third-order valence-electron chi connectivity index (χ3n) is 2.79. The Bertz CT molecular complexity index is 405. The number of carbonyl (C=O) groups excluding carboxylic acids is 1. The molecule has 1 unspecified atom stereocenters. The number of amides is 1. The smallest absolute Gasteiger partial charge is 0.226 e. The monoisotopic (exact) mass is 250 g/mol. The Hall–Kier alpha value is -1.55. The van der Waals surface area contributed by atoms with E-state index in [0.717, 1.165) is 18.5 Å². The lowest BCUT2D eigenvalue weighted by Crippen LogP contribution is -2.30. The van der Waals surface area contributed by atoms with Gasteiger partial charge in [-0.2, -0.15) is 0 Å². The minimum Gasteiger partial charge on any atom is -0.506 e. The molecule has 1 rings (SSSR count). The maximum Gasteiger partial charge on any atom is 0.226 e. The Kier molecular flexibility index (Phi) is 5.65. The molecule has 0 aromatic heterocycles. The van der Waals surface area contributed by atoms with Crippen LogP contribution in [0.1, 0.15) is 32.8 Å². The van der Waals surface area contributed by atoms with Crippen molar-refractivity contribution in [2.45, 2.75) is 39.7 Å². The third-order valence-corrected chi connectivity index (χ3v) is 2.79. The quantitative estimate of drug-likeness (QED) is 0.679. The van der Waals surface area contributed by atoms with Gasteiger partial charge in [0.25, 0.3) is 0 Å². The molecule has 4 nitrogen and oxygen atoms in total. The van der Waals surface area contributed by atoms with Gasteiger partial charge in [-0.25, -0.2) is 0 Å². The molecule has 100 valence electrons. The average Bonchev–Trinajstić information content (AvgIpc) is 2.32. The Balaban J connectivity index is 2.63. The standard InChI is InChI=1S/C14H22N2O2/c1-4-11-6-7-13(17)12(9-11)16-14(18)8-10(3)15-5-2/h6-7,9-10,15,17H,4-5,8H2,1-3H3,(H,16,18). The predicted molar refractivity (Wildman–Crippen MR) is 73.9 cm³/mol. The van der Waals surface area contributed by atoms with Crippen LogP contribution >= 0.6 is 0 Å². The van der Waals surface area contributed by atoms with Gasteiger partial charge in [-0.15, -0.1) is 0 Å². The second-order valence-corrected chi connectivity index (χ2v) is 4.42. The molecule has 3 N–H and O–H groups in total. The van der Waals surface area contributed by atoms with Crippen LogP contribution < -0.4 is 10.6 Å². The summed E-state index contributed by atoms with van der Waals surface area (Å²) in [7, 11) is 0. The van der Waals surface area contributed by atoms with Gasteiger partial charge >= 0.3 is 0 Å². The van der Waals surface area contributed by atoms with Crippen LogP contribution in [0.25, 0.3) is 0 Å². The molecule has 0 fully saturated rings. The van der Waals surface area contributed by atoms with Crippen LogP contribution in [0.5, 0.6) is 5.75 Å².